The summed E-state index contributed by atoms with van der Waals surface area (Å²) in [5.74, 6) is 0.584. The summed E-state index contributed by atoms with van der Waals surface area (Å²) in [5.41, 5.74) is 1.41. The molecule has 0 amide bonds. The molecule has 66 valence electrons. The second kappa shape index (κ2) is 4.27. The van der Waals surface area contributed by atoms with Crippen LogP contribution in [-0.2, 0) is 0 Å². The minimum absolute atomic E-state index is 0.571. The topological polar surface area (TPSA) is 45.4 Å². The van der Waals surface area contributed by atoms with Gasteiger partial charge < -0.3 is 4.84 Å². The second-order valence-electron chi connectivity index (χ2n) is 2.77. The summed E-state index contributed by atoms with van der Waals surface area (Å²) in [4.78, 5) is 5.05. The van der Waals surface area contributed by atoms with Gasteiger partial charge in [0.15, 0.2) is 5.75 Å². The van der Waals surface area contributed by atoms with Crippen LogP contribution >= 0.6 is 0 Å². The summed E-state index contributed by atoms with van der Waals surface area (Å²) in [7, 11) is 0. The van der Waals surface area contributed by atoms with E-state index in [-0.39, 0.29) is 0 Å². The van der Waals surface area contributed by atoms with Crippen molar-refractivity contribution in [2.24, 2.45) is 5.16 Å². The van der Waals surface area contributed by atoms with E-state index in [2.05, 4.69) is 5.16 Å². The van der Waals surface area contributed by atoms with Gasteiger partial charge in [0.05, 0.1) is 17.3 Å². The molecule has 0 aromatic heterocycles. The molecule has 1 aromatic carbocycles. The Bertz CT molecular complexity index is 359. The van der Waals surface area contributed by atoms with Gasteiger partial charge in [0.2, 0.25) is 0 Å². The lowest BCUT2D eigenvalue weighted by Crippen LogP contribution is -1.89. The monoisotopic (exact) mass is 174 g/mol. The van der Waals surface area contributed by atoms with Gasteiger partial charge in [-0.1, -0.05) is 11.2 Å². The maximum Gasteiger partial charge on any atom is 0.159 e. The third-order valence-electron chi connectivity index (χ3n) is 1.30. The molecular formula is C10H10N2O. The van der Waals surface area contributed by atoms with Crippen molar-refractivity contribution in [2.45, 2.75) is 13.8 Å². The number of hydrogen-bond donors (Lipinski definition) is 0. The van der Waals surface area contributed by atoms with Crippen molar-refractivity contribution in [3.8, 4) is 11.8 Å². The van der Waals surface area contributed by atoms with Crippen LogP contribution in [0.4, 0.5) is 0 Å². The van der Waals surface area contributed by atoms with Crippen molar-refractivity contribution in [1.29, 1.82) is 5.26 Å². The largest absolute Gasteiger partial charge is 0.357 e. The Morgan fingerprint density at radius 2 is 2.23 bits per heavy atom. The number of nitriles is 1. The molecule has 0 N–H and O–H groups in total. The highest BCUT2D eigenvalue weighted by molar-refractivity contribution is 5.78. The van der Waals surface area contributed by atoms with E-state index in [0.717, 1.165) is 5.71 Å². The molecule has 3 heteroatoms. The fourth-order valence-corrected chi connectivity index (χ4v) is 0.766. The van der Waals surface area contributed by atoms with Crippen LogP contribution in [0, 0.1) is 11.3 Å². The minimum Gasteiger partial charge on any atom is -0.357 e. The normalized spacial score (nSPS) is 8.69. The van der Waals surface area contributed by atoms with E-state index >= 15 is 0 Å². The summed E-state index contributed by atoms with van der Waals surface area (Å²) in [5, 5.41) is 12.4. The van der Waals surface area contributed by atoms with Crippen molar-refractivity contribution in [2.75, 3.05) is 0 Å². The molecule has 13 heavy (non-hydrogen) atoms. The van der Waals surface area contributed by atoms with Crippen LogP contribution in [-0.4, -0.2) is 5.71 Å². The smallest absolute Gasteiger partial charge is 0.159 e. The zero-order valence-corrected chi connectivity index (χ0v) is 7.61. The molecule has 0 bridgehead atoms. The van der Waals surface area contributed by atoms with Gasteiger partial charge in [-0.05, 0) is 26.0 Å². The Kier molecular flexibility index (Phi) is 3.04. The predicted molar refractivity (Wildman–Crippen MR) is 50.6 cm³/mol. The summed E-state index contributed by atoms with van der Waals surface area (Å²) >= 11 is 0. The van der Waals surface area contributed by atoms with Gasteiger partial charge >= 0.3 is 0 Å². The molecule has 0 saturated carbocycles. The average molecular weight is 174 g/mol. The number of rotatable bonds is 2. The van der Waals surface area contributed by atoms with Gasteiger partial charge in [0, 0.05) is 6.07 Å². The zero-order valence-electron chi connectivity index (χ0n) is 7.61. The molecule has 3 nitrogen and oxygen atoms in total. The first-order valence-corrected chi connectivity index (χ1v) is 3.91. The Morgan fingerprint density at radius 1 is 1.46 bits per heavy atom. The van der Waals surface area contributed by atoms with E-state index in [9.17, 15) is 0 Å². The summed E-state index contributed by atoms with van der Waals surface area (Å²) < 4.78 is 0. The molecule has 0 radical (unpaired) electrons. The van der Waals surface area contributed by atoms with Gasteiger partial charge in [-0.25, -0.2) is 0 Å². The lowest BCUT2D eigenvalue weighted by Gasteiger charge is -1.98. The Morgan fingerprint density at radius 3 is 2.85 bits per heavy atom. The molecule has 0 spiro atoms. The molecule has 0 heterocycles. The number of benzene rings is 1. The lowest BCUT2D eigenvalue weighted by atomic mass is 10.2. The molecule has 1 rings (SSSR count). The van der Waals surface area contributed by atoms with Gasteiger partial charge in [-0.2, -0.15) is 5.26 Å². The van der Waals surface area contributed by atoms with Gasteiger partial charge in [0.25, 0.3) is 0 Å². The molecule has 0 unspecified atom stereocenters. The fourth-order valence-electron chi connectivity index (χ4n) is 0.766. The second-order valence-corrected chi connectivity index (χ2v) is 2.77. The molecule has 0 aliphatic rings. The first kappa shape index (κ1) is 9.27. The lowest BCUT2D eigenvalue weighted by molar-refractivity contribution is 0.340. The minimum atomic E-state index is 0.571. The quantitative estimate of drug-likeness (QED) is 0.510. The van der Waals surface area contributed by atoms with Crippen molar-refractivity contribution >= 4 is 5.71 Å². The van der Waals surface area contributed by atoms with Gasteiger partial charge in [-0.15, -0.1) is 0 Å². The standard InChI is InChI=1S/C10H10N2O/c1-8(2)12-13-10-5-3-4-9(6-10)7-11/h3-6H,1-2H3. The highest BCUT2D eigenvalue weighted by atomic mass is 16.6. The van der Waals surface area contributed by atoms with E-state index < -0.39 is 0 Å². The van der Waals surface area contributed by atoms with Gasteiger partial charge in [-0.3, -0.25) is 0 Å². The molecule has 0 aliphatic carbocycles. The summed E-state index contributed by atoms with van der Waals surface area (Å²) in [6.07, 6.45) is 0. The van der Waals surface area contributed by atoms with Crippen LogP contribution in [0.15, 0.2) is 29.4 Å². The molecular weight excluding hydrogens is 164 g/mol. The maximum absolute atomic E-state index is 8.60. The van der Waals surface area contributed by atoms with E-state index in [0.29, 0.717) is 11.3 Å². The molecule has 0 atom stereocenters. The van der Waals surface area contributed by atoms with Crippen molar-refractivity contribution in [1.82, 2.24) is 0 Å². The van der Waals surface area contributed by atoms with Crippen LogP contribution in [0.2, 0.25) is 0 Å². The number of oxime groups is 1. The average Bonchev–Trinajstić information content (AvgIpc) is 2.15. The van der Waals surface area contributed by atoms with Crippen LogP contribution in [0.5, 0.6) is 5.75 Å². The van der Waals surface area contributed by atoms with Crippen LogP contribution in [0.25, 0.3) is 0 Å². The fraction of sp³-hybridized carbons (Fsp3) is 0.200. The van der Waals surface area contributed by atoms with E-state index in [1.54, 1.807) is 24.3 Å². The molecule has 0 fully saturated rings. The Hall–Kier alpha value is -1.82. The first-order valence-electron chi connectivity index (χ1n) is 3.91. The molecule has 0 aliphatic heterocycles. The predicted octanol–water partition coefficient (Wildman–Crippen LogP) is 2.33. The van der Waals surface area contributed by atoms with Crippen molar-refractivity contribution in [3.05, 3.63) is 29.8 Å². The van der Waals surface area contributed by atoms with Crippen molar-refractivity contribution in [3.63, 3.8) is 0 Å². The highest BCUT2D eigenvalue weighted by Gasteiger charge is 1.94. The summed E-state index contributed by atoms with van der Waals surface area (Å²) in [6.45, 7) is 3.68. The molecule has 1 aromatic rings. The zero-order chi connectivity index (χ0) is 9.68. The van der Waals surface area contributed by atoms with Crippen LogP contribution in [0.1, 0.15) is 19.4 Å². The van der Waals surface area contributed by atoms with Crippen molar-refractivity contribution < 1.29 is 4.84 Å². The van der Waals surface area contributed by atoms with E-state index in [1.807, 2.05) is 19.9 Å². The third-order valence-corrected chi connectivity index (χ3v) is 1.30. The first-order chi connectivity index (χ1) is 6.22. The van der Waals surface area contributed by atoms with Crippen LogP contribution < -0.4 is 4.84 Å². The third kappa shape index (κ3) is 2.96. The SMILES string of the molecule is CC(C)=NOc1cccc(C#N)c1. The number of hydrogen-bond acceptors (Lipinski definition) is 3. The van der Waals surface area contributed by atoms with E-state index in [1.165, 1.54) is 0 Å². The van der Waals surface area contributed by atoms with Crippen LogP contribution in [0.3, 0.4) is 0 Å². The Balaban J connectivity index is 2.79. The molecule has 0 saturated heterocycles. The van der Waals surface area contributed by atoms with E-state index in [4.69, 9.17) is 10.1 Å². The maximum atomic E-state index is 8.60. The van der Waals surface area contributed by atoms with Gasteiger partial charge in [0.1, 0.15) is 0 Å². The Labute approximate surface area is 77.2 Å². The summed E-state index contributed by atoms with van der Waals surface area (Å²) in [6, 6.07) is 8.90. The highest BCUT2D eigenvalue weighted by Crippen LogP contribution is 2.12. The number of nitrogens with zero attached hydrogens (tertiary/aromatic N) is 2.